The van der Waals surface area contributed by atoms with Gasteiger partial charge in [-0.25, -0.2) is 0 Å². The van der Waals surface area contributed by atoms with Crippen LogP contribution in [-0.2, 0) is 18.0 Å². The molecular weight excluding hydrogens is 126 g/mol. The first-order valence-corrected chi connectivity index (χ1v) is 3.32. The molecular formula is C8H9NO. The van der Waals surface area contributed by atoms with Gasteiger partial charge in [-0.3, -0.25) is 0 Å². The van der Waals surface area contributed by atoms with E-state index in [2.05, 4.69) is 6.07 Å². The van der Waals surface area contributed by atoms with Gasteiger partial charge in [0.15, 0.2) is 0 Å². The number of nitrogens with two attached hydrogens (primary N) is 1. The molecule has 1 aromatic rings. The van der Waals surface area contributed by atoms with Crippen molar-refractivity contribution < 1.29 is 4.74 Å². The van der Waals surface area contributed by atoms with Crippen molar-refractivity contribution in [2.75, 3.05) is 5.73 Å². The minimum atomic E-state index is 0.683. The molecule has 0 bridgehead atoms. The molecule has 0 saturated heterocycles. The van der Waals surface area contributed by atoms with Gasteiger partial charge < -0.3 is 10.5 Å². The standard InChI is InChI=1S/C8H9NO/c9-8-3-1-2-6-4-10-5-7(6)8/h1-3H,4-5,9H2. The molecule has 2 rings (SSSR count). The van der Waals surface area contributed by atoms with Crippen LogP contribution in [0.15, 0.2) is 18.2 Å². The fourth-order valence-electron chi connectivity index (χ4n) is 1.23. The zero-order valence-electron chi connectivity index (χ0n) is 5.63. The average Bonchev–Trinajstić information content (AvgIpc) is 2.36. The van der Waals surface area contributed by atoms with Gasteiger partial charge in [0.1, 0.15) is 0 Å². The molecule has 0 aliphatic carbocycles. The highest BCUT2D eigenvalue weighted by molar-refractivity contribution is 5.51. The van der Waals surface area contributed by atoms with Crippen LogP contribution in [0.5, 0.6) is 0 Å². The average molecular weight is 135 g/mol. The second kappa shape index (κ2) is 1.99. The lowest BCUT2D eigenvalue weighted by molar-refractivity contribution is 0.134. The fraction of sp³-hybridized carbons (Fsp3) is 0.250. The lowest BCUT2D eigenvalue weighted by Gasteiger charge is -1.98. The van der Waals surface area contributed by atoms with Gasteiger partial charge in [0.25, 0.3) is 0 Å². The number of hydrogen-bond acceptors (Lipinski definition) is 2. The maximum absolute atomic E-state index is 5.69. The zero-order valence-corrected chi connectivity index (χ0v) is 5.63. The monoisotopic (exact) mass is 135 g/mol. The third-order valence-electron chi connectivity index (χ3n) is 1.81. The summed E-state index contributed by atoms with van der Waals surface area (Å²) in [5.74, 6) is 0. The minimum absolute atomic E-state index is 0.683. The van der Waals surface area contributed by atoms with Crippen LogP contribution in [0.1, 0.15) is 11.1 Å². The number of fused-ring (bicyclic) bond motifs is 1. The van der Waals surface area contributed by atoms with E-state index < -0.39 is 0 Å². The van der Waals surface area contributed by atoms with E-state index in [9.17, 15) is 0 Å². The SMILES string of the molecule is Nc1cccc2c1COC2. The first-order chi connectivity index (χ1) is 4.88. The van der Waals surface area contributed by atoms with Crippen LogP contribution in [0.2, 0.25) is 0 Å². The van der Waals surface area contributed by atoms with Crippen LogP contribution >= 0.6 is 0 Å². The van der Waals surface area contributed by atoms with Gasteiger partial charge in [0.05, 0.1) is 13.2 Å². The molecule has 2 nitrogen and oxygen atoms in total. The maximum Gasteiger partial charge on any atom is 0.0745 e. The van der Waals surface area contributed by atoms with E-state index in [1.54, 1.807) is 0 Å². The third-order valence-corrected chi connectivity index (χ3v) is 1.81. The van der Waals surface area contributed by atoms with Crippen molar-refractivity contribution in [2.24, 2.45) is 0 Å². The Morgan fingerprint density at radius 2 is 2.20 bits per heavy atom. The van der Waals surface area contributed by atoms with Crippen LogP contribution in [0.25, 0.3) is 0 Å². The zero-order chi connectivity index (χ0) is 6.97. The van der Waals surface area contributed by atoms with Crippen molar-refractivity contribution in [3.05, 3.63) is 29.3 Å². The summed E-state index contributed by atoms with van der Waals surface area (Å²) in [5.41, 5.74) is 8.95. The smallest absolute Gasteiger partial charge is 0.0745 e. The van der Waals surface area contributed by atoms with E-state index in [0.29, 0.717) is 6.61 Å². The summed E-state index contributed by atoms with van der Waals surface area (Å²) in [7, 11) is 0. The van der Waals surface area contributed by atoms with Crippen LogP contribution < -0.4 is 5.73 Å². The van der Waals surface area contributed by atoms with Gasteiger partial charge >= 0.3 is 0 Å². The molecule has 2 heteroatoms. The van der Waals surface area contributed by atoms with E-state index in [4.69, 9.17) is 10.5 Å². The summed E-state index contributed by atoms with van der Waals surface area (Å²) in [4.78, 5) is 0. The van der Waals surface area contributed by atoms with E-state index in [1.807, 2.05) is 12.1 Å². The quantitative estimate of drug-likeness (QED) is 0.544. The summed E-state index contributed by atoms with van der Waals surface area (Å²) < 4.78 is 5.22. The van der Waals surface area contributed by atoms with Crippen LogP contribution in [0.3, 0.4) is 0 Å². The van der Waals surface area contributed by atoms with E-state index >= 15 is 0 Å². The van der Waals surface area contributed by atoms with E-state index in [-0.39, 0.29) is 0 Å². The van der Waals surface area contributed by atoms with Gasteiger partial charge in [0, 0.05) is 11.3 Å². The largest absolute Gasteiger partial charge is 0.398 e. The highest BCUT2D eigenvalue weighted by atomic mass is 16.5. The summed E-state index contributed by atoms with van der Waals surface area (Å²) in [6.45, 7) is 1.41. The Labute approximate surface area is 59.6 Å². The van der Waals surface area contributed by atoms with Crippen molar-refractivity contribution in [3.63, 3.8) is 0 Å². The molecule has 0 spiro atoms. The van der Waals surface area contributed by atoms with Crippen molar-refractivity contribution >= 4 is 5.69 Å². The second-order valence-electron chi connectivity index (χ2n) is 2.48. The highest BCUT2D eigenvalue weighted by Crippen LogP contribution is 2.24. The molecule has 0 unspecified atom stereocenters. The van der Waals surface area contributed by atoms with Crippen LogP contribution in [0.4, 0.5) is 5.69 Å². The highest BCUT2D eigenvalue weighted by Gasteiger charge is 2.11. The summed E-state index contributed by atoms with van der Waals surface area (Å²) in [6, 6.07) is 5.93. The molecule has 52 valence electrons. The molecule has 0 saturated carbocycles. The normalized spacial score (nSPS) is 15.2. The van der Waals surface area contributed by atoms with Gasteiger partial charge in [-0.05, 0) is 11.6 Å². The molecule has 1 aliphatic heterocycles. The predicted octanol–water partition coefficient (Wildman–Crippen LogP) is 1.30. The topological polar surface area (TPSA) is 35.2 Å². The molecule has 0 aromatic heterocycles. The lowest BCUT2D eigenvalue weighted by atomic mass is 10.1. The Kier molecular flexibility index (Phi) is 1.14. The van der Waals surface area contributed by atoms with Crippen LogP contribution in [-0.4, -0.2) is 0 Å². The number of rotatable bonds is 0. The maximum atomic E-state index is 5.69. The molecule has 2 N–H and O–H groups in total. The van der Waals surface area contributed by atoms with Gasteiger partial charge in [-0.2, -0.15) is 0 Å². The van der Waals surface area contributed by atoms with E-state index in [1.165, 1.54) is 11.1 Å². The molecule has 0 amide bonds. The molecule has 0 atom stereocenters. The van der Waals surface area contributed by atoms with Crippen LogP contribution in [0, 0.1) is 0 Å². The van der Waals surface area contributed by atoms with Gasteiger partial charge in [-0.15, -0.1) is 0 Å². The number of ether oxygens (including phenoxy) is 1. The molecule has 1 heterocycles. The number of anilines is 1. The Morgan fingerprint density at radius 1 is 1.30 bits per heavy atom. The summed E-state index contributed by atoms with van der Waals surface area (Å²) >= 11 is 0. The Bertz CT molecular complexity index is 257. The molecule has 0 fully saturated rings. The minimum Gasteiger partial charge on any atom is -0.398 e. The first-order valence-electron chi connectivity index (χ1n) is 3.32. The fourth-order valence-corrected chi connectivity index (χ4v) is 1.23. The molecule has 10 heavy (non-hydrogen) atoms. The molecule has 1 aliphatic rings. The predicted molar refractivity (Wildman–Crippen MR) is 39.3 cm³/mol. The molecule has 0 radical (unpaired) electrons. The van der Waals surface area contributed by atoms with Crippen molar-refractivity contribution in [1.29, 1.82) is 0 Å². The Morgan fingerprint density at radius 3 is 3.00 bits per heavy atom. The lowest BCUT2D eigenvalue weighted by Crippen LogP contribution is -1.91. The number of nitrogen functional groups attached to an aromatic ring is 1. The van der Waals surface area contributed by atoms with Crippen molar-refractivity contribution in [3.8, 4) is 0 Å². The van der Waals surface area contributed by atoms with Gasteiger partial charge in [0.2, 0.25) is 0 Å². The molecule has 1 aromatic carbocycles. The van der Waals surface area contributed by atoms with Crippen molar-refractivity contribution in [1.82, 2.24) is 0 Å². The summed E-state index contributed by atoms with van der Waals surface area (Å²) in [5, 5.41) is 0. The third kappa shape index (κ3) is 0.693. The number of benzene rings is 1. The Balaban J connectivity index is 2.59. The van der Waals surface area contributed by atoms with E-state index in [0.717, 1.165) is 12.3 Å². The number of hydrogen-bond donors (Lipinski definition) is 1. The van der Waals surface area contributed by atoms with Gasteiger partial charge in [-0.1, -0.05) is 12.1 Å². The first kappa shape index (κ1) is 5.74. The summed E-state index contributed by atoms with van der Waals surface area (Å²) in [6.07, 6.45) is 0. The Hall–Kier alpha value is -1.02. The second-order valence-corrected chi connectivity index (χ2v) is 2.48. The van der Waals surface area contributed by atoms with Crippen molar-refractivity contribution in [2.45, 2.75) is 13.2 Å².